The van der Waals surface area contributed by atoms with Crippen LogP contribution >= 0.6 is 11.3 Å². The number of carbonyl (C=O) groups is 1. The van der Waals surface area contributed by atoms with E-state index in [1.165, 1.54) is 36.6 Å². The molecule has 4 heteroatoms. The molecule has 1 aliphatic rings. The van der Waals surface area contributed by atoms with Crippen molar-refractivity contribution in [2.24, 2.45) is 5.92 Å². The first-order valence-corrected chi connectivity index (χ1v) is 7.69. The molecule has 0 atom stereocenters. The first-order chi connectivity index (χ1) is 9.15. The van der Waals surface area contributed by atoms with Gasteiger partial charge in [0.15, 0.2) is 0 Å². The number of rotatable bonds is 6. The van der Waals surface area contributed by atoms with Gasteiger partial charge in [0.05, 0.1) is 0 Å². The Morgan fingerprint density at radius 3 is 2.95 bits per heavy atom. The molecule has 1 saturated carbocycles. The summed E-state index contributed by atoms with van der Waals surface area (Å²) in [6, 6.07) is 1.99. The normalized spacial score (nSPS) is 16.7. The summed E-state index contributed by atoms with van der Waals surface area (Å²) in [5.74, 6) is -0.0422. The van der Waals surface area contributed by atoms with Gasteiger partial charge in [0.2, 0.25) is 0 Å². The van der Waals surface area contributed by atoms with E-state index in [4.69, 9.17) is 5.11 Å². The van der Waals surface area contributed by atoms with E-state index in [2.05, 4.69) is 11.9 Å². The molecule has 1 heterocycles. The fraction of sp³-hybridized carbons (Fsp3) is 0.533. The molecule has 3 nitrogen and oxygen atoms in total. The van der Waals surface area contributed by atoms with Crippen molar-refractivity contribution in [3.63, 3.8) is 0 Å². The van der Waals surface area contributed by atoms with Gasteiger partial charge >= 0.3 is 5.97 Å². The molecule has 1 fully saturated rings. The molecule has 0 unspecified atom stereocenters. The van der Waals surface area contributed by atoms with Gasteiger partial charge in [-0.25, -0.2) is 4.79 Å². The Labute approximate surface area is 118 Å². The largest absolute Gasteiger partial charge is 0.478 e. The van der Waals surface area contributed by atoms with Crippen molar-refractivity contribution in [1.82, 2.24) is 4.90 Å². The van der Waals surface area contributed by atoms with Crippen LogP contribution in [0, 0.1) is 5.92 Å². The van der Waals surface area contributed by atoms with Gasteiger partial charge < -0.3 is 10.0 Å². The molecule has 0 aliphatic heterocycles. The van der Waals surface area contributed by atoms with E-state index in [-0.39, 0.29) is 0 Å². The average Bonchev–Trinajstić information content (AvgIpc) is 2.98. The summed E-state index contributed by atoms with van der Waals surface area (Å²) in [6.45, 7) is 2.06. The molecular weight excluding hydrogens is 258 g/mol. The van der Waals surface area contributed by atoms with Gasteiger partial charge in [0, 0.05) is 24.0 Å². The summed E-state index contributed by atoms with van der Waals surface area (Å²) in [7, 11) is 2.16. The molecule has 1 N–H and O–H groups in total. The highest BCUT2D eigenvalue weighted by molar-refractivity contribution is 7.10. The van der Waals surface area contributed by atoms with Gasteiger partial charge in [-0.2, -0.15) is 0 Å². The van der Waals surface area contributed by atoms with E-state index in [0.717, 1.165) is 24.6 Å². The Bertz CT molecular complexity index is 447. The fourth-order valence-corrected chi connectivity index (χ4v) is 3.68. The zero-order chi connectivity index (χ0) is 13.7. The van der Waals surface area contributed by atoms with E-state index < -0.39 is 5.97 Å². The maximum absolute atomic E-state index is 10.6. The minimum Gasteiger partial charge on any atom is -0.478 e. The Balaban J connectivity index is 1.91. The van der Waals surface area contributed by atoms with Gasteiger partial charge in [-0.05, 0) is 48.9 Å². The molecule has 0 radical (unpaired) electrons. The third-order valence-corrected chi connectivity index (χ3v) is 4.56. The van der Waals surface area contributed by atoms with E-state index in [1.54, 1.807) is 17.4 Å². The lowest BCUT2D eigenvalue weighted by Crippen LogP contribution is -2.23. The van der Waals surface area contributed by atoms with Crippen LogP contribution in [0.2, 0.25) is 0 Å². The van der Waals surface area contributed by atoms with E-state index >= 15 is 0 Å². The SMILES string of the molecule is CN(Cc1sccc1C=CC(=O)O)CC1CCCC1. The number of hydrogen-bond acceptors (Lipinski definition) is 3. The molecule has 1 aromatic rings. The molecule has 2 rings (SSSR count). The van der Waals surface area contributed by atoms with E-state index in [0.29, 0.717) is 0 Å². The Morgan fingerprint density at radius 1 is 1.53 bits per heavy atom. The summed E-state index contributed by atoms with van der Waals surface area (Å²) in [6.07, 6.45) is 8.38. The smallest absolute Gasteiger partial charge is 0.328 e. The maximum Gasteiger partial charge on any atom is 0.328 e. The van der Waals surface area contributed by atoms with Gasteiger partial charge in [-0.3, -0.25) is 0 Å². The van der Waals surface area contributed by atoms with Crippen molar-refractivity contribution >= 4 is 23.4 Å². The van der Waals surface area contributed by atoms with Gasteiger partial charge in [0.1, 0.15) is 0 Å². The van der Waals surface area contributed by atoms with Crippen molar-refractivity contribution in [2.75, 3.05) is 13.6 Å². The van der Waals surface area contributed by atoms with Crippen LogP contribution in [0.1, 0.15) is 36.1 Å². The number of thiophene rings is 1. The minimum absolute atomic E-state index is 0.850. The molecule has 0 saturated heterocycles. The highest BCUT2D eigenvalue weighted by Crippen LogP contribution is 2.26. The summed E-state index contributed by atoms with van der Waals surface area (Å²) >= 11 is 1.70. The number of carboxylic acid groups (broad SMARTS) is 1. The van der Waals surface area contributed by atoms with Crippen LogP contribution in [0.3, 0.4) is 0 Å². The highest BCUT2D eigenvalue weighted by atomic mass is 32.1. The van der Waals surface area contributed by atoms with Crippen molar-refractivity contribution in [3.8, 4) is 0 Å². The van der Waals surface area contributed by atoms with Crippen molar-refractivity contribution < 1.29 is 9.90 Å². The Hall–Kier alpha value is -1.13. The minimum atomic E-state index is -0.892. The lowest BCUT2D eigenvalue weighted by Gasteiger charge is -2.20. The lowest BCUT2D eigenvalue weighted by molar-refractivity contribution is -0.131. The molecule has 19 heavy (non-hydrogen) atoms. The van der Waals surface area contributed by atoms with Crippen LogP contribution in [0.15, 0.2) is 17.5 Å². The zero-order valence-electron chi connectivity index (χ0n) is 11.3. The summed E-state index contributed by atoms with van der Waals surface area (Å²) in [5, 5.41) is 10.7. The molecule has 0 aromatic carbocycles. The second kappa shape index (κ2) is 6.87. The third-order valence-electron chi connectivity index (χ3n) is 3.64. The van der Waals surface area contributed by atoms with Gasteiger partial charge in [-0.15, -0.1) is 11.3 Å². The standard InChI is InChI=1S/C15H21NO2S/c1-16(10-12-4-2-3-5-12)11-14-13(8-9-19-14)6-7-15(17)18/h6-9,12H,2-5,10-11H2,1H3,(H,17,18). The molecular formula is C15H21NO2S. The maximum atomic E-state index is 10.6. The summed E-state index contributed by atoms with van der Waals surface area (Å²) in [5.41, 5.74) is 1.03. The number of carboxylic acids is 1. The number of aliphatic carboxylic acids is 1. The summed E-state index contributed by atoms with van der Waals surface area (Å²) in [4.78, 5) is 14.2. The molecule has 1 aliphatic carbocycles. The van der Waals surface area contributed by atoms with E-state index in [9.17, 15) is 4.79 Å². The Morgan fingerprint density at radius 2 is 2.26 bits per heavy atom. The van der Waals surface area contributed by atoms with Crippen LogP contribution < -0.4 is 0 Å². The first kappa shape index (κ1) is 14.3. The van der Waals surface area contributed by atoms with Crippen LogP contribution in [0.5, 0.6) is 0 Å². The third kappa shape index (κ3) is 4.48. The van der Waals surface area contributed by atoms with Crippen LogP contribution in [-0.4, -0.2) is 29.6 Å². The Kier molecular flexibility index (Phi) is 5.16. The van der Waals surface area contributed by atoms with Gasteiger partial charge in [0.25, 0.3) is 0 Å². The topological polar surface area (TPSA) is 40.5 Å². The van der Waals surface area contributed by atoms with E-state index in [1.807, 2.05) is 11.4 Å². The predicted octanol–water partition coefficient (Wildman–Crippen LogP) is 3.47. The molecule has 0 amide bonds. The number of hydrogen-bond donors (Lipinski definition) is 1. The van der Waals surface area contributed by atoms with Gasteiger partial charge in [-0.1, -0.05) is 12.8 Å². The molecule has 0 bridgehead atoms. The summed E-state index contributed by atoms with van der Waals surface area (Å²) < 4.78 is 0. The average molecular weight is 279 g/mol. The quantitative estimate of drug-likeness (QED) is 0.811. The van der Waals surface area contributed by atoms with Crippen molar-refractivity contribution in [1.29, 1.82) is 0 Å². The highest BCUT2D eigenvalue weighted by Gasteiger charge is 2.17. The first-order valence-electron chi connectivity index (χ1n) is 6.81. The molecule has 0 spiro atoms. The predicted molar refractivity (Wildman–Crippen MR) is 79.3 cm³/mol. The van der Waals surface area contributed by atoms with Crippen LogP contribution in [0.4, 0.5) is 0 Å². The second-order valence-corrected chi connectivity index (χ2v) is 6.32. The van der Waals surface area contributed by atoms with Crippen molar-refractivity contribution in [3.05, 3.63) is 28.0 Å². The van der Waals surface area contributed by atoms with Crippen molar-refractivity contribution in [2.45, 2.75) is 32.2 Å². The number of nitrogens with zero attached hydrogens (tertiary/aromatic N) is 1. The van der Waals surface area contributed by atoms with Crippen LogP contribution in [0.25, 0.3) is 6.08 Å². The molecule has 104 valence electrons. The second-order valence-electron chi connectivity index (χ2n) is 5.32. The molecule has 1 aromatic heterocycles. The zero-order valence-corrected chi connectivity index (χ0v) is 12.2. The lowest BCUT2D eigenvalue weighted by atomic mass is 10.1. The monoisotopic (exact) mass is 279 g/mol. The fourth-order valence-electron chi connectivity index (χ4n) is 2.73. The van der Waals surface area contributed by atoms with Crippen LogP contribution in [-0.2, 0) is 11.3 Å².